The van der Waals surface area contributed by atoms with Gasteiger partial charge in [-0.25, -0.2) is 4.98 Å². The Kier molecular flexibility index (Phi) is 5.94. The molecule has 4 nitrogen and oxygen atoms in total. The largest absolute Gasteiger partial charge is 0.481 e. The van der Waals surface area contributed by atoms with Gasteiger partial charge in [-0.3, -0.25) is 0 Å². The highest BCUT2D eigenvalue weighted by atomic mass is 16.5. The summed E-state index contributed by atoms with van der Waals surface area (Å²) in [7, 11) is 5.83. The van der Waals surface area contributed by atoms with Gasteiger partial charge in [0, 0.05) is 18.7 Å². The van der Waals surface area contributed by atoms with Gasteiger partial charge in [0.15, 0.2) is 0 Å². The molecule has 1 aromatic heterocycles. The van der Waals surface area contributed by atoms with E-state index < -0.39 is 0 Å². The summed E-state index contributed by atoms with van der Waals surface area (Å²) in [6, 6.07) is 6.32. The number of rotatable bonds is 7. The number of pyridine rings is 1. The van der Waals surface area contributed by atoms with Crippen LogP contribution < -0.4 is 10.1 Å². The summed E-state index contributed by atoms with van der Waals surface area (Å²) in [6.07, 6.45) is 1.14. The summed E-state index contributed by atoms with van der Waals surface area (Å²) in [4.78, 5) is 6.56. The van der Waals surface area contributed by atoms with Crippen LogP contribution >= 0.6 is 0 Å². The fourth-order valence-electron chi connectivity index (χ4n) is 1.50. The van der Waals surface area contributed by atoms with Crippen LogP contribution in [0, 0.1) is 0 Å². The fourth-order valence-corrected chi connectivity index (χ4v) is 1.50. The molecule has 1 heterocycles. The Morgan fingerprint density at radius 3 is 2.82 bits per heavy atom. The zero-order chi connectivity index (χ0) is 12.7. The zero-order valence-corrected chi connectivity index (χ0v) is 11.2. The van der Waals surface area contributed by atoms with Crippen LogP contribution in [0.5, 0.6) is 5.88 Å². The standard InChI is InChI=1S/C13H23N3O/c1-11(8-9-16(2)3)14-10-12-6-5-7-13(15-12)17-4/h5-7,11,14H,8-10H2,1-4H3. The second-order valence-electron chi connectivity index (χ2n) is 4.55. The number of hydrogen-bond acceptors (Lipinski definition) is 4. The molecule has 0 aliphatic heterocycles. The van der Waals surface area contributed by atoms with E-state index in [-0.39, 0.29) is 0 Å². The Labute approximate surface area is 104 Å². The minimum absolute atomic E-state index is 0.491. The first-order chi connectivity index (χ1) is 8.11. The average molecular weight is 237 g/mol. The Morgan fingerprint density at radius 1 is 1.41 bits per heavy atom. The fraction of sp³-hybridized carbons (Fsp3) is 0.615. The molecule has 1 atom stereocenters. The van der Waals surface area contributed by atoms with Crippen molar-refractivity contribution < 1.29 is 4.74 Å². The first-order valence-electron chi connectivity index (χ1n) is 6.00. The molecule has 0 saturated carbocycles. The van der Waals surface area contributed by atoms with E-state index in [0.717, 1.165) is 25.2 Å². The normalized spacial score (nSPS) is 12.8. The van der Waals surface area contributed by atoms with Crippen LogP contribution in [-0.2, 0) is 6.54 Å². The van der Waals surface area contributed by atoms with Crippen LogP contribution in [0.4, 0.5) is 0 Å². The molecule has 0 aromatic carbocycles. The van der Waals surface area contributed by atoms with E-state index in [0.29, 0.717) is 11.9 Å². The van der Waals surface area contributed by atoms with Crippen LogP contribution in [0.25, 0.3) is 0 Å². The van der Waals surface area contributed by atoms with Gasteiger partial charge < -0.3 is 15.0 Å². The first-order valence-corrected chi connectivity index (χ1v) is 6.00. The zero-order valence-electron chi connectivity index (χ0n) is 11.2. The molecule has 4 heteroatoms. The molecule has 1 aromatic rings. The van der Waals surface area contributed by atoms with Crippen molar-refractivity contribution in [2.24, 2.45) is 0 Å². The van der Waals surface area contributed by atoms with E-state index in [1.165, 1.54) is 0 Å². The molecule has 0 aliphatic carbocycles. The number of methoxy groups -OCH3 is 1. The highest BCUT2D eigenvalue weighted by Gasteiger charge is 2.03. The molecule has 0 spiro atoms. The van der Waals surface area contributed by atoms with Gasteiger partial charge in [-0.15, -0.1) is 0 Å². The minimum atomic E-state index is 0.491. The predicted octanol–water partition coefficient (Wildman–Crippen LogP) is 1.52. The first kappa shape index (κ1) is 13.9. The second kappa shape index (κ2) is 7.25. The maximum Gasteiger partial charge on any atom is 0.213 e. The van der Waals surface area contributed by atoms with E-state index in [1.807, 2.05) is 18.2 Å². The Hall–Kier alpha value is -1.13. The van der Waals surface area contributed by atoms with Gasteiger partial charge in [0.2, 0.25) is 5.88 Å². The predicted molar refractivity (Wildman–Crippen MR) is 70.3 cm³/mol. The third-order valence-corrected chi connectivity index (χ3v) is 2.63. The van der Waals surface area contributed by atoms with E-state index in [2.05, 4.69) is 36.2 Å². The van der Waals surface area contributed by atoms with Crippen molar-refractivity contribution in [2.75, 3.05) is 27.7 Å². The molecule has 0 amide bonds. The summed E-state index contributed by atoms with van der Waals surface area (Å²) in [6.45, 7) is 4.08. The molecule has 0 fully saturated rings. The average Bonchev–Trinajstić information content (AvgIpc) is 2.34. The lowest BCUT2D eigenvalue weighted by Gasteiger charge is -2.16. The maximum absolute atomic E-state index is 5.10. The van der Waals surface area contributed by atoms with Crippen molar-refractivity contribution >= 4 is 0 Å². The summed E-state index contributed by atoms with van der Waals surface area (Å²) in [5.74, 6) is 0.672. The molecule has 1 unspecified atom stereocenters. The van der Waals surface area contributed by atoms with Gasteiger partial charge in [-0.1, -0.05) is 6.07 Å². The van der Waals surface area contributed by atoms with Crippen LogP contribution in [0.2, 0.25) is 0 Å². The van der Waals surface area contributed by atoms with Gasteiger partial charge in [0.05, 0.1) is 12.8 Å². The second-order valence-corrected chi connectivity index (χ2v) is 4.55. The van der Waals surface area contributed by atoms with Crippen molar-refractivity contribution in [1.29, 1.82) is 0 Å². The summed E-state index contributed by atoms with van der Waals surface area (Å²) < 4.78 is 5.10. The van der Waals surface area contributed by atoms with Crippen molar-refractivity contribution in [3.8, 4) is 5.88 Å². The highest BCUT2D eigenvalue weighted by Crippen LogP contribution is 2.06. The summed E-state index contributed by atoms with van der Waals surface area (Å²) in [5, 5.41) is 3.46. The summed E-state index contributed by atoms with van der Waals surface area (Å²) >= 11 is 0. The molecule has 1 rings (SSSR count). The van der Waals surface area contributed by atoms with Gasteiger partial charge in [-0.05, 0) is 40.1 Å². The molecule has 0 bridgehead atoms. The smallest absolute Gasteiger partial charge is 0.213 e. The topological polar surface area (TPSA) is 37.4 Å². The van der Waals surface area contributed by atoms with Gasteiger partial charge in [-0.2, -0.15) is 0 Å². The Balaban J connectivity index is 2.33. The van der Waals surface area contributed by atoms with E-state index in [4.69, 9.17) is 4.74 Å². The van der Waals surface area contributed by atoms with Crippen molar-refractivity contribution in [3.05, 3.63) is 23.9 Å². The molecule has 0 saturated heterocycles. The number of ether oxygens (including phenoxy) is 1. The van der Waals surface area contributed by atoms with E-state index in [9.17, 15) is 0 Å². The lowest BCUT2D eigenvalue weighted by atomic mass is 10.2. The van der Waals surface area contributed by atoms with Gasteiger partial charge in [0.1, 0.15) is 0 Å². The monoisotopic (exact) mass is 237 g/mol. The van der Waals surface area contributed by atoms with Crippen LogP contribution in [-0.4, -0.2) is 43.7 Å². The molecule has 1 N–H and O–H groups in total. The Morgan fingerprint density at radius 2 is 2.18 bits per heavy atom. The van der Waals surface area contributed by atoms with Crippen LogP contribution in [0.3, 0.4) is 0 Å². The van der Waals surface area contributed by atoms with E-state index >= 15 is 0 Å². The van der Waals surface area contributed by atoms with Gasteiger partial charge >= 0.3 is 0 Å². The lowest BCUT2D eigenvalue weighted by molar-refractivity contribution is 0.364. The van der Waals surface area contributed by atoms with E-state index in [1.54, 1.807) is 7.11 Å². The SMILES string of the molecule is COc1cccc(CNC(C)CCN(C)C)n1. The number of nitrogens with one attached hydrogen (secondary N) is 1. The Bertz CT molecular complexity index is 328. The van der Waals surface area contributed by atoms with Crippen LogP contribution in [0.15, 0.2) is 18.2 Å². The van der Waals surface area contributed by atoms with Crippen molar-refractivity contribution in [3.63, 3.8) is 0 Å². The third kappa shape index (κ3) is 5.65. The number of hydrogen-bond donors (Lipinski definition) is 1. The third-order valence-electron chi connectivity index (χ3n) is 2.63. The summed E-state index contributed by atoms with van der Waals surface area (Å²) in [5.41, 5.74) is 1.01. The molecule has 0 radical (unpaired) electrons. The quantitative estimate of drug-likeness (QED) is 0.780. The molecular weight excluding hydrogens is 214 g/mol. The number of aromatic nitrogens is 1. The molecule has 96 valence electrons. The van der Waals surface area contributed by atoms with Gasteiger partial charge in [0.25, 0.3) is 0 Å². The molecule has 17 heavy (non-hydrogen) atoms. The van der Waals surface area contributed by atoms with Crippen molar-refractivity contribution in [1.82, 2.24) is 15.2 Å². The maximum atomic E-state index is 5.10. The van der Waals surface area contributed by atoms with Crippen LogP contribution in [0.1, 0.15) is 19.0 Å². The van der Waals surface area contributed by atoms with Crippen molar-refractivity contribution in [2.45, 2.75) is 25.9 Å². The lowest BCUT2D eigenvalue weighted by Crippen LogP contribution is -2.29. The minimum Gasteiger partial charge on any atom is -0.481 e. The molecule has 0 aliphatic rings. The number of nitrogens with zero attached hydrogens (tertiary/aromatic N) is 2. The molecular formula is C13H23N3O. The highest BCUT2D eigenvalue weighted by molar-refractivity contribution is 5.15.